The van der Waals surface area contributed by atoms with E-state index in [1.165, 1.54) is 17.7 Å². The molecule has 0 N–H and O–H groups in total. The van der Waals surface area contributed by atoms with Gasteiger partial charge in [0.05, 0.1) is 18.3 Å². The Morgan fingerprint density at radius 3 is 3.04 bits per heavy atom. The fourth-order valence-corrected chi connectivity index (χ4v) is 4.26. The van der Waals surface area contributed by atoms with Crippen molar-refractivity contribution in [2.75, 3.05) is 31.1 Å². The van der Waals surface area contributed by atoms with Crippen LogP contribution in [0.2, 0.25) is 0 Å². The zero-order chi connectivity index (χ0) is 19.6. The Morgan fingerprint density at radius 1 is 1.32 bits per heavy atom. The number of benzene rings is 1. The van der Waals surface area contributed by atoms with E-state index in [1.807, 2.05) is 10.9 Å². The molecule has 0 radical (unpaired) electrons. The van der Waals surface area contributed by atoms with Gasteiger partial charge in [0.1, 0.15) is 12.4 Å². The van der Waals surface area contributed by atoms with E-state index in [9.17, 15) is 9.18 Å². The molecule has 150 valence electrons. The molecule has 4 rings (SSSR count). The first-order valence-electron chi connectivity index (χ1n) is 10.0. The monoisotopic (exact) mass is 386 g/mol. The molecule has 1 unspecified atom stereocenters. The maximum atomic E-state index is 13.7. The Labute approximate surface area is 164 Å². The molecule has 1 spiro atoms. The average molecular weight is 386 g/mol. The number of nitrogens with zero attached hydrogens (tertiary/aromatic N) is 4. The van der Waals surface area contributed by atoms with Crippen LogP contribution in [0.1, 0.15) is 31.7 Å². The first-order chi connectivity index (χ1) is 13.6. The lowest BCUT2D eigenvalue weighted by atomic mass is 9.90. The number of amides is 1. The maximum Gasteiger partial charge on any atom is 0.253 e. The molecular weight excluding hydrogens is 359 g/mol. The smallest absolute Gasteiger partial charge is 0.253 e. The third kappa shape index (κ3) is 4.10. The molecule has 7 heteroatoms. The van der Waals surface area contributed by atoms with Crippen molar-refractivity contribution < 1.29 is 13.9 Å². The van der Waals surface area contributed by atoms with Crippen LogP contribution in [0.25, 0.3) is 0 Å². The number of carbonyl (C=O) groups excluding carboxylic acids is 1. The maximum absolute atomic E-state index is 13.7. The second kappa shape index (κ2) is 8.01. The van der Waals surface area contributed by atoms with Crippen LogP contribution in [0.15, 0.2) is 36.7 Å². The van der Waals surface area contributed by atoms with Crippen LogP contribution in [0.3, 0.4) is 0 Å². The number of likely N-dealkylation sites (tertiary alicyclic amines) is 1. The minimum atomic E-state index is -0.405. The van der Waals surface area contributed by atoms with Crippen molar-refractivity contribution in [3.8, 4) is 0 Å². The fourth-order valence-electron chi connectivity index (χ4n) is 4.26. The number of piperidine rings is 1. The lowest BCUT2D eigenvalue weighted by molar-refractivity contribution is -0.146. The number of hydrogen-bond donors (Lipinski definition) is 0. The summed E-state index contributed by atoms with van der Waals surface area (Å²) in [5.41, 5.74) is 1.39. The summed E-state index contributed by atoms with van der Waals surface area (Å²) in [4.78, 5) is 16.5. The molecule has 1 amide bonds. The number of ether oxygens (including phenoxy) is 1. The van der Waals surface area contributed by atoms with Crippen molar-refractivity contribution >= 4 is 11.6 Å². The molecular formula is C21H27FN4O2. The molecule has 0 bridgehead atoms. The molecule has 1 aromatic heterocycles. The van der Waals surface area contributed by atoms with Gasteiger partial charge in [0.2, 0.25) is 0 Å². The summed E-state index contributed by atoms with van der Waals surface area (Å²) in [5, 5.41) is 4.42. The van der Waals surface area contributed by atoms with Crippen LogP contribution >= 0.6 is 0 Å². The number of anilines is 1. The zero-order valence-electron chi connectivity index (χ0n) is 16.3. The number of morpholine rings is 1. The van der Waals surface area contributed by atoms with E-state index in [4.69, 9.17) is 4.74 Å². The molecule has 0 saturated carbocycles. The predicted molar refractivity (Wildman–Crippen MR) is 104 cm³/mol. The van der Waals surface area contributed by atoms with Crippen molar-refractivity contribution in [2.45, 2.75) is 44.9 Å². The second-order valence-corrected chi connectivity index (χ2v) is 7.86. The molecule has 2 aliphatic rings. The number of carbonyl (C=O) groups is 1. The van der Waals surface area contributed by atoms with Gasteiger partial charge in [-0.1, -0.05) is 13.0 Å². The Morgan fingerprint density at radius 2 is 2.21 bits per heavy atom. The van der Waals surface area contributed by atoms with E-state index in [1.54, 1.807) is 17.0 Å². The number of rotatable bonds is 5. The normalized spacial score (nSPS) is 23.5. The van der Waals surface area contributed by atoms with E-state index < -0.39 is 5.60 Å². The van der Waals surface area contributed by atoms with Crippen molar-refractivity contribution in [3.63, 3.8) is 0 Å². The lowest BCUT2D eigenvalue weighted by Crippen LogP contribution is -2.61. The van der Waals surface area contributed by atoms with E-state index in [0.29, 0.717) is 12.2 Å². The quantitative estimate of drug-likeness (QED) is 0.793. The summed E-state index contributed by atoms with van der Waals surface area (Å²) in [5.74, 6) is -0.450. The standard InChI is InChI=1S/C21H27FN4O2/c1-2-8-25-13-17(11-23-25)12-24-9-4-7-21(15-24)16-26(20(27)14-28-21)19-6-3-5-18(22)10-19/h3,5-6,10-11,13H,2,4,7-9,12,14-16H2,1H3. The summed E-state index contributed by atoms with van der Waals surface area (Å²) >= 11 is 0. The van der Waals surface area contributed by atoms with Gasteiger partial charge in [-0.2, -0.15) is 5.10 Å². The highest BCUT2D eigenvalue weighted by Crippen LogP contribution is 2.32. The van der Waals surface area contributed by atoms with E-state index >= 15 is 0 Å². The molecule has 0 aliphatic carbocycles. The predicted octanol–water partition coefficient (Wildman–Crippen LogP) is 2.83. The largest absolute Gasteiger partial charge is 0.362 e. The summed E-state index contributed by atoms with van der Waals surface area (Å²) in [6.45, 7) is 6.14. The van der Waals surface area contributed by atoms with Crippen molar-refractivity contribution in [1.29, 1.82) is 0 Å². The number of aryl methyl sites for hydroxylation is 1. The average Bonchev–Trinajstić information content (AvgIpc) is 3.11. The summed E-state index contributed by atoms with van der Waals surface area (Å²) in [7, 11) is 0. The molecule has 2 aromatic rings. The Bertz CT molecular complexity index is 839. The molecule has 28 heavy (non-hydrogen) atoms. The van der Waals surface area contributed by atoms with Crippen molar-refractivity contribution in [2.24, 2.45) is 0 Å². The zero-order valence-corrected chi connectivity index (χ0v) is 16.3. The van der Waals surface area contributed by atoms with Gasteiger partial charge in [-0.05, 0) is 44.0 Å². The number of halogens is 1. The Hall–Kier alpha value is -2.25. The summed E-state index contributed by atoms with van der Waals surface area (Å²) in [6, 6.07) is 6.23. The summed E-state index contributed by atoms with van der Waals surface area (Å²) in [6.07, 6.45) is 7.01. The van der Waals surface area contributed by atoms with Crippen molar-refractivity contribution in [3.05, 3.63) is 48.0 Å². The highest BCUT2D eigenvalue weighted by atomic mass is 19.1. The molecule has 1 aromatic carbocycles. The van der Waals surface area contributed by atoms with Gasteiger partial charge in [-0.25, -0.2) is 4.39 Å². The fraction of sp³-hybridized carbons (Fsp3) is 0.524. The van der Waals surface area contributed by atoms with Gasteiger partial charge in [-0.15, -0.1) is 0 Å². The molecule has 2 saturated heterocycles. The van der Waals surface area contributed by atoms with Crippen LogP contribution in [0.5, 0.6) is 0 Å². The molecule has 1 atom stereocenters. The third-order valence-electron chi connectivity index (χ3n) is 5.53. The van der Waals surface area contributed by atoms with Gasteiger partial charge >= 0.3 is 0 Å². The summed E-state index contributed by atoms with van der Waals surface area (Å²) < 4.78 is 21.7. The van der Waals surface area contributed by atoms with Crippen LogP contribution in [0.4, 0.5) is 10.1 Å². The van der Waals surface area contributed by atoms with E-state index in [-0.39, 0.29) is 18.3 Å². The van der Waals surface area contributed by atoms with E-state index in [0.717, 1.165) is 45.4 Å². The first kappa shape index (κ1) is 19.1. The highest BCUT2D eigenvalue weighted by molar-refractivity contribution is 5.95. The topological polar surface area (TPSA) is 50.6 Å². The molecule has 6 nitrogen and oxygen atoms in total. The van der Waals surface area contributed by atoms with E-state index in [2.05, 4.69) is 23.1 Å². The van der Waals surface area contributed by atoms with Crippen LogP contribution in [-0.4, -0.2) is 52.4 Å². The van der Waals surface area contributed by atoms with Crippen molar-refractivity contribution in [1.82, 2.24) is 14.7 Å². The molecule has 3 heterocycles. The Kier molecular flexibility index (Phi) is 5.46. The second-order valence-electron chi connectivity index (χ2n) is 7.86. The molecule has 2 aliphatic heterocycles. The number of hydrogen-bond acceptors (Lipinski definition) is 4. The highest BCUT2D eigenvalue weighted by Gasteiger charge is 2.43. The minimum absolute atomic E-state index is 0.0405. The Balaban J connectivity index is 1.46. The first-order valence-corrected chi connectivity index (χ1v) is 10.0. The van der Waals surface area contributed by atoms with Crippen LogP contribution < -0.4 is 4.90 Å². The van der Waals surface area contributed by atoms with Gasteiger partial charge in [0, 0.05) is 37.1 Å². The van der Waals surface area contributed by atoms with Gasteiger partial charge < -0.3 is 9.64 Å². The van der Waals surface area contributed by atoms with Gasteiger partial charge in [-0.3, -0.25) is 14.4 Å². The SMILES string of the molecule is CCCn1cc(CN2CCCC3(C2)CN(c2cccc(F)c2)C(=O)CO3)cn1. The lowest BCUT2D eigenvalue weighted by Gasteiger charge is -2.47. The van der Waals surface area contributed by atoms with Crippen LogP contribution in [0, 0.1) is 5.82 Å². The van der Waals surface area contributed by atoms with Crippen LogP contribution in [-0.2, 0) is 22.6 Å². The minimum Gasteiger partial charge on any atom is -0.362 e. The van der Waals surface area contributed by atoms with Gasteiger partial charge in [0.15, 0.2) is 0 Å². The molecule has 2 fully saturated rings. The third-order valence-corrected chi connectivity index (χ3v) is 5.53. The number of aromatic nitrogens is 2. The van der Waals surface area contributed by atoms with Gasteiger partial charge in [0.25, 0.3) is 5.91 Å².